The van der Waals surface area contributed by atoms with Crippen molar-refractivity contribution in [2.24, 2.45) is 0 Å². The molecule has 0 heterocycles. The molecule has 0 aliphatic carbocycles. The number of phosphoric ester groups is 1. The largest absolute Gasteiger partial charge is 0.472 e. The van der Waals surface area contributed by atoms with Crippen LogP contribution in [-0.2, 0) is 18.4 Å². The van der Waals surface area contributed by atoms with Crippen molar-refractivity contribution in [2.75, 3.05) is 40.9 Å². The average Bonchev–Trinajstić information content (AvgIpc) is 3.26. The van der Waals surface area contributed by atoms with Crippen molar-refractivity contribution < 1.29 is 32.9 Å². The van der Waals surface area contributed by atoms with Gasteiger partial charge < -0.3 is 19.8 Å². The Balaban J connectivity index is 4.24. The molecule has 8 nitrogen and oxygen atoms in total. The highest BCUT2D eigenvalue weighted by Gasteiger charge is 2.27. The number of quaternary nitrogens is 1. The van der Waals surface area contributed by atoms with Gasteiger partial charge in [0.25, 0.3) is 0 Å². The number of amides is 1. The van der Waals surface area contributed by atoms with Gasteiger partial charge in [0, 0.05) is 6.42 Å². The number of nitrogens with zero attached hydrogens (tertiary/aromatic N) is 1. The lowest BCUT2D eigenvalue weighted by atomic mass is 10.0. The molecule has 0 fully saturated rings. The smallest absolute Gasteiger partial charge is 0.387 e. The molecule has 0 rings (SSSR count). The van der Waals surface area contributed by atoms with E-state index < -0.39 is 20.0 Å². The fourth-order valence-electron chi connectivity index (χ4n) is 8.19. The lowest BCUT2D eigenvalue weighted by Crippen LogP contribution is -2.45. The summed E-state index contributed by atoms with van der Waals surface area (Å²) >= 11 is 0. The topological polar surface area (TPSA) is 105 Å². The molecule has 0 aromatic rings. The third-order valence-electron chi connectivity index (χ3n) is 12.6. The maximum atomic E-state index is 13.0. The van der Waals surface area contributed by atoms with Crippen LogP contribution in [0.15, 0.2) is 36.5 Å². The number of hydrogen-bond donors (Lipinski definition) is 3. The number of aliphatic hydroxyl groups excluding tert-OH is 1. The van der Waals surface area contributed by atoms with E-state index in [-0.39, 0.29) is 19.1 Å². The number of likely N-dealkylation sites (N-methyl/N-ethyl adjacent to an activating group) is 1. The highest BCUT2D eigenvalue weighted by atomic mass is 31.2. The van der Waals surface area contributed by atoms with Crippen LogP contribution in [0.4, 0.5) is 0 Å². The SMILES string of the molecule is CCCCCCCCCCC/C=C\C/C=C\CCCCCCCCCCCC(=O)NC(COP(=O)(O)OCC[N+](C)(C)C)C(O)/C=C/CCCCCCCCCCCCCCCCCC. The zero-order valence-electron chi connectivity index (χ0n) is 43.7. The van der Waals surface area contributed by atoms with E-state index in [1.165, 1.54) is 199 Å². The van der Waals surface area contributed by atoms with Gasteiger partial charge in [0.15, 0.2) is 0 Å². The Morgan fingerprint density at radius 1 is 0.523 bits per heavy atom. The van der Waals surface area contributed by atoms with E-state index in [9.17, 15) is 19.4 Å². The minimum absolute atomic E-state index is 0.0609. The number of unbranched alkanes of at least 4 members (excludes halogenated alkanes) is 34. The molecule has 3 N–H and O–H groups in total. The summed E-state index contributed by atoms with van der Waals surface area (Å²) < 4.78 is 23.7. The molecular formula is C56H110N2O6P+. The van der Waals surface area contributed by atoms with Gasteiger partial charge in [0.2, 0.25) is 5.91 Å². The Labute approximate surface area is 404 Å². The molecule has 0 aliphatic rings. The van der Waals surface area contributed by atoms with E-state index in [4.69, 9.17) is 9.05 Å². The van der Waals surface area contributed by atoms with Crippen molar-refractivity contribution in [3.63, 3.8) is 0 Å². The molecule has 0 radical (unpaired) electrons. The van der Waals surface area contributed by atoms with E-state index in [0.29, 0.717) is 17.4 Å². The number of carbonyl (C=O) groups is 1. The second-order valence-corrected chi connectivity index (χ2v) is 21.8. The highest BCUT2D eigenvalue weighted by molar-refractivity contribution is 7.47. The maximum absolute atomic E-state index is 13.0. The van der Waals surface area contributed by atoms with Crippen molar-refractivity contribution >= 4 is 13.7 Å². The van der Waals surface area contributed by atoms with Crippen LogP contribution in [0.3, 0.4) is 0 Å². The first-order valence-electron chi connectivity index (χ1n) is 27.9. The number of nitrogens with one attached hydrogen (secondary N) is 1. The first-order valence-corrected chi connectivity index (χ1v) is 29.4. The van der Waals surface area contributed by atoms with Gasteiger partial charge in [-0.05, 0) is 51.4 Å². The molecule has 0 saturated carbocycles. The standard InChI is InChI=1S/C56H109N2O6P/c1-6-8-10-12-14-16-18-20-22-24-26-27-28-29-30-31-32-34-36-38-40-42-44-46-48-50-56(60)57-54(53-64-65(61,62)63-52-51-58(3,4)5)55(59)49-47-45-43-41-39-37-35-33-25-23-21-19-17-15-13-11-9-7-2/h26-27,29-30,47,49,54-55,59H,6-25,28,31-46,48,50-53H2,1-5H3,(H-,57,60,61,62)/p+1/b27-26-,30-29-,49-47+. The van der Waals surface area contributed by atoms with Crippen LogP contribution < -0.4 is 5.32 Å². The van der Waals surface area contributed by atoms with Gasteiger partial charge in [-0.3, -0.25) is 13.8 Å². The number of carbonyl (C=O) groups excluding carboxylic acids is 1. The van der Waals surface area contributed by atoms with Gasteiger partial charge in [-0.15, -0.1) is 0 Å². The van der Waals surface area contributed by atoms with Crippen molar-refractivity contribution in [3.8, 4) is 0 Å². The Kier molecular flexibility index (Phi) is 46.8. The Hall–Kier alpha value is -1.28. The molecule has 3 unspecified atom stereocenters. The molecule has 65 heavy (non-hydrogen) atoms. The van der Waals surface area contributed by atoms with Crippen molar-refractivity contribution in [1.29, 1.82) is 0 Å². The predicted octanol–water partition coefficient (Wildman–Crippen LogP) is 16.6. The van der Waals surface area contributed by atoms with Gasteiger partial charge >= 0.3 is 7.82 Å². The van der Waals surface area contributed by atoms with Gasteiger partial charge in [-0.1, -0.05) is 243 Å². The maximum Gasteiger partial charge on any atom is 0.472 e. The number of rotatable bonds is 51. The number of allylic oxidation sites excluding steroid dienone is 5. The van der Waals surface area contributed by atoms with Crippen LogP contribution in [0.5, 0.6) is 0 Å². The average molecular weight is 938 g/mol. The van der Waals surface area contributed by atoms with Crippen LogP contribution in [0, 0.1) is 0 Å². The Morgan fingerprint density at radius 3 is 1.26 bits per heavy atom. The van der Waals surface area contributed by atoms with Crippen molar-refractivity contribution in [2.45, 2.75) is 276 Å². The normalized spacial score (nSPS) is 14.3. The second kappa shape index (κ2) is 47.8. The minimum Gasteiger partial charge on any atom is -0.387 e. The van der Waals surface area contributed by atoms with E-state index in [0.717, 1.165) is 44.9 Å². The first kappa shape index (κ1) is 63.7. The van der Waals surface area contributed by atoms with Crippen molar-refractivity contribution in [3.05, 3.63) is 36.5 Å². The Bertz CT molecular complexity index is 1150. The molecule has 0 saturated heterocycles. The third-order valence-corrected chi connectivity index (χ3v) is 13.6. The van der Waals surface area contributed by atoms with Crippen LogP contribution in [0.1, 0.15) is 264 Å². The summed E-state index contributed by atoms with van der Waals surface area (Å²) in [7, 11) is 1.57. The number of hydrogen-bond acceptors (Lipinski definition) is 5. The van der Waals surface area contributed by atoms with Gasteiger partial charge in [-0.2, -0.15) is 0 Å². The van der Waals surface area contributed by atoms with E-state index in [1.54, 1.807) is 6.08 Å². The summed E-state index contributed by atoms with van der Waals surface area (Å²) in [6, 6.07) is -0.849. The van der Waals surface area contributed by atoms with E-state index in [1.807, 2.05) is 27.2 Å². The second-order valence-electron chi connectivity index (χ2n) is 20.3. The van der Waals surface area contributed by atoms with Crippen molar-refractivity contribution in [1.82, 2.24) is 5.32 Å². The van der Waals surface area contributed by atoms with Crippen LogP contribution in [0.25, 0.3) is 0 Å². The molecule has 0 aromatic carbocycles. The van der Waals surface area contributed by atoms with Crippen LogP contribution in [0.2, 0.25) is 0 Å². The molecular weight excluding hydrogens is 828 g/mol. The summed E-state index contributed by atoms with van der Waals surface area (Å²) in [5.74, 6) is -0.179. The first-order chi connectivity index (χ1) is 31.5. The van der Waals surface area contributed by atoms with Crippen LogP contribution >= 0.6 is 7.82 Å². The van der Waals surface area contributed by atoms with Gasteiger partial charge in [0.1, 0.15) is 13.2 Å². The molecule has 3 atom stereocenters. The predicted molar refractivity (Wildman–Crippen MR) is 281 cm³/mol. The lowest BCUT2D eigenvalue weighted by molar-refractivity contribution is -0.870. The lowest BCUT2D eigenvalue weighted by Gasteiger charge is -2.25. The van der Waals surface area contributed by atoms with Gasteiger partial charge in [0.05, 0.1) is 39.9 Å². The quantitative estimate of drug-likeness (QED) is 0.0243. The number of aliphatic hydroxyl groups is 1. The zero-order chi connectivity index (χ0) is 47.8. The summed E-state index contributed by atoms with van der Waals surface area (Å²) in [4.78, 5) is 23.3. The summed E-state index contributed by atoms with van der Waals surface area (Å²) in [5, 5.41) is 13.9. The monoisotopic (exact) mass is 938 g/mol. The molecule has 0 spiro atoms. The zero-order valence-corrected chi connectivity index (χ0v) is 44.6. The summed E-state index contributed by atoms with van der Waals surface area (Å²) in [6.45, 7) is 4.84. The summed E-state index contributed by atoms with van der Waals surface area (Å²) in [5.41, 5.74) is 0. The molecule has 1 amide bonds. The minimum atomic E-state index is -4.35. The van der Waals surface area contributed by atoms with Gasteiger partial charge in [-0.25, -0.2) is 4.57 Å². The molecule has 0 bridgehead atoms. The number of phosphoric acid groups is 1. The molecule has 384 valence electrons. The highest BCUT2D eigenvalue weighted by Crippen LogP contribution is 2.43. The molecule has 0 aliphatic heterocycles. The molecule has 0 aromatic heterocycles. The third kappa shape index (κ3) is 50.4. The van der Waals surface area contributed by atoms with E-state index >= 15 is 0 Å². The fourth-order valence-corrected chi connectivity index (χ4v) is 8.93. The van der Waals surface area contributed by atoms with E-state index in [2.05, 4.69) is 43.5 Å². The summed E-state index contributed by atoms with van der Waals surface area (Å²) in [6.07, 6.45) is 60.9. The fraction of sp³-hybridized carbons (Fsp3) is 0.875. The Morgan fingerprint density at radius 2 is 0.877 bits per heavy atom. The molecule has 9 heteroatoms. The van der Waals surface area contributed by atoms with Crippen LogP contribution in [-0.4, -0.2) is 73.4 Å².